The Bertz CT molecular complexity index is 657. The molecule has 0 saturated heterocycles. The zero-order valence-corrected chi connectivity index (χ0v) is 12.5. The number of aryl methyl sites for hydroxylation is 2. The van der Waals surface area contributed by atoms with Crippen LogP contribution < -0.4 is 0 Å². The maximum atomic E-state index is 10.7. The van der Waals surface area contributed by atoms with Crippen molar-refractivity contribution in [3.63, 3.8) is 0 Å². The summed E-state index contributed by atoms with van der Waals surface area (Å²) in [6.45, 7) is 0. The van der Waals surface area contributed by atoms with E-state index in [4.69, 9.17) is 10.1 Å². The zero-order valence-electron chi connectivity index (χ0n) is 11.7. The Morgan fingerprint density at radius 3 is 2.71 bits per heavy atom. The van der Waals surface area contributed by atoms with E-state index in [0.29, 0.717) is 5.92 Å². The van der Waals surface area contributed by atoms with E-state index in [1.165, 1.54) is 24.5 Å². The van der Waals surface area contributed by atoms with Crippen molar-refractivity contribution in [2.45, 2.75) is 31.6 Å². The summed E-state index contributed by atoms with van der Waals surface area (Å²) in [7, 11) is 0. The van der Waals surface area contributed by atoms with E-state index in [2.05, 4.69) is 12.1 Å². The number of thiazole rings is 1. The first kappa shape index (κ1) is 14.0. The largest absolute Gasteiger partial charge is 0.478 e. The molecule has 0 bridgehead atoms. The van der Waals surface area contributed by atoms with Gasteiger partial charge in [-0.05, 0) is 30.9 Å². The SMILES string of the molecule is O=C(O)/C=C/c1sc(CCc2ccccc2)nc1C1CC1. The van der Waals surface area contributed by atoms with Gasteiger partial charge in [-0.25, -0.2) is 9.78 Å². The highest BCUT2D eigenvalue weighted by atomic mass is 32.1. The molecule has 21 heavy (non-hydrogen) atoms. The van der Waals surface area contributed by atoms with E-state index in [-0.39, 0.29) is 0 Å². The second-order valence-corrected chi connectivity index (χ2v) is 6.40. The molecule has 0 radical (unpaired) electrons. The van der Waals surface area contributed by atoms with Crippen LogP contribution in [0.5, 0.6) is 0 Å². The van der Waals surface area contributed by atoms with Crippen LogP contribution in [0.4, 0.5) is 0 Å². The lowest BCUT2D eigenvalue weighted by Gasteiger charge is -1.97. The van der Waals surface area contributed by atoms with Crippen LogP contribution in [0.25, 0.3) is 6.08 Å². The van der Waals surface area contributed by atoms with E-state index < -0.39 is 5.97 Å². The van der Waals surface area contributed by atoms with Gasteiger partial charge < -0.3 is 5.11 Å². The Morgan fingerprint density at radius 1 is 1.29 bits per heavy atom. The highest BCUT2D eigenvalue weighted by molar-refractivity contribution is 7.12. The van der Waals surface area contributed by atoms with Gasteiger partial charge >= 0.3 is 5.97 Å². The lowest BCUT2D eigenvalue weighted by molar-refractivity contribution is -0.131. The van der Waals surface area contributed by atoms with E-state index in [0.717, 1.165) is 28.4 Å². The van der Waals surface area contributed by atoms with Gasteiger partial charge in [-0.2, -0.15) is 0 Å². The summed E-state index contributed by atoms with van der Waals surface area (Å²) in [6, 6.07) is 10.4. The van der Waals surface area contributed by atoms with Crippen LogP contribution in [0, 0.1) is 0 Å². The maximum Gasteiger partial charge on any atom is 0.328 e. The summed E-state index contributed by atoms with van der Waals surface area (Å²) in [6.07, 6.45) is 7.14. The molecule has 0 amide bonds. The van der Waals surface area contributed by atoms with E-state index in [9.17, 15) is 4.79 Å². The molecule has 0 unspecified atom stereocenters. The second kappa shape index (κ2) is 6.22. The minimum Gasteiger partial charge on any atom is -0.478 e. The quantitative estimate of drug-likeness (QED) is 0.823. The van der Waals surface area contributed by atoms with Crippen molar-refractivity contribution in [3.05, 3.63) is 57.6 Å². The van der Waals surface area contributed by atoms with Crippen molar-refractivity contribution in [2.24, 2.45) is 0 Å². The average Bonchev–Trinajstić information content (AvgIpc) is 3.25. The number of nitrogens with zero attached hydrogens (tertiary/aromatic N) is 1. The van der Waals surface area contributed by atoms with Gasteiger partial charge in [0, 0.05) is 18.4 Å². The predicted octanol–water partition coefficient (Wildman–Crippen LogP) is 3.90. The zero-order chi connectivity index (χ0) is 14.7. The molecular formula is C17H17NO2S. The predicted molar refractivity (Wildman–Crippen MR) is 84.6 cm³/mol. The third kappa shape index (κ3) is 3.79. The molecule has 3 nitrogen and oxygen atoms in total. The number of aliphatic carboxylic acids is 1. The third-order valence-electron chi connectivity index (χ3n) is 3.54. The van der Waals surface area contributed by atoms with Gasteiger partial charge in [0.25, 0.3) is 0 Å². The molecule has 0 aliphatic heterocycles. The van der Waals surface area contributed by atoms with Gasteiger partial charge in [0.15, 0.2) is 0 Å². The Balaban J connectivity index is 1.73. The molecule has 4 heteroatoms. The van der Waals surface area contributed by atoms with Crippen LogP contribution in [-0.4, -0.2) is 16.1 Å². The van der Waals surface area contributed by atoms with E-state index in [1.807, 2.05) is 18.2 Å². The number of carboxylic acid groups (broad SMARTS) is 1. The Labute approximate surface area is 128 Å². The van der Waals surface area contributed by atoms with Crippen molar-refractivity contribution in [2.75, 3.05) is 0 Å². The normalized spacial score (nSPS) is 14.7. The molecule has 0 spiro atoms. The van der Waals surface area contributed by atoms with Gasteiger partial charge in [0.05, 0.1) is 15.6 Å². The van der Waals surface area contributed by atoms with E-state index >= 15 is 0 Å². The van der Waals surface area contributed by atoms with Crippen LogP contribution in [-0.2, 0) is 17.6 Å². The standard InChI is InChI=1S/C17H17NO2S/c19-16(20)11-9-14-17(13-7-8-13)18-15(21-14)10-6-12-4-2-1-3-5-12/h1-5,9,11,13H,6-8,10H2,(H,19,20)/b11-9+. The molecule has 0 atom stereocenters. The molecule has 3 rings (SSSR count). The monoisotopic (exact) mass is 299 g/mol. The van der Waals surface area contributed by atoms with Crippen molar-refractivity contribution >= 4 is 23.4 Å². The number of benzene rings is 1. The third-order valence-corrected chi connectivity index (χ3v) is 4.63. The fourth-order valence-electron chi connectivity index (χ4n) is 2.31. The molecule has 1 fully saturated rings. The van der Waals surface area contributed by atoms with Crippen molar-refractivity contribution in [3.8, 4) is 0 Å². The van der Waals surface area contributed by atoms with Crippen LogP contribution in [0.15, 0.2) is 36.4 Å². The first-order valence-electron chi connectivity index (χ1n) is 7.17. The van der Waals surface area contributed by atoms with Gasteiger partial charge in [-0.3, -0.25) is 0 Å². The van der Waals surface area contributed by atoms with Crippen molar-refractivity contribution in [1.82, 2.24) is 4.98 Å². The molecule has 1 heterocycles. The van der Waals surface area contributed by atoms with Crippen LogP contribution >= 0.6 is 11.3 Å². The van der Waals surface area contributed by atoms with Gasteiger partial charge in [0.2, 0.25) is 0 Å². The number of aromatic nitrogens is 1. The van der Waals surface area contributed by atoms with Gasteiger partial charge in [0.1, 0.15) is 0 Å². The summed E-state index contributed by atoms with van der Waals surface area (Å²) in [5.41, 5.74) is 2.41. The molecule has 108 valence electrons. The summed E-state index contributed by atoms with van der Waals surface area (Å²) < 4.78 is 0. The molecule has 1 aromatic carbocycles. The Hall–Kier alpha value is -1.94. The Morgan fingerprint density at radius 2 is 2.05 bits per heavy atom. The average molecular weight is 299 g/mol. The van der Waals surface area contributed by atoms with Crippen LogP contribution in [0.3, 0.4) is 0 Å². The number of carbonyl (C=O) groups is 1. The van der Waals surface area contributed by atoms with Crippen LogP contribution in [0.1, 0.15) is 39.9 Å². The molecule has 1 saturated carbocycles. The first-order valence-corrected chi connectivity index (χ1v) is 7.98. The molecular weight excluding hydrogens is 282 g/mol. The number of hydrogen-bond acceptors (Lipinski definition) is 3. The smallest absolute Gasteiger partial charge is 0.328 e. The highest BCUT2D eigenvalue weighted by Gasteiger charge is 2.28. The van der Waals surface area contributed by atoms with Crippen molar-refractivity contribution in [1.29, 1.82) is 0 Å². The molecule has 2 aromatic rings. The van der Waals surface area contributed by atoms with E-state index in [1.54, 1.807) is 17.4 Å². The molecule has 1 aliphatic rings. The summed E-state index contributed by atoms with van der Waals surface area (Å²) >= 11 is 1.63. The summed E-state index contributed by atoms with van der Waals surface area (Å²) in [5.74, 6) is -0.365. The molecule has 1 aromatic heterocycles. The molecule has 1 N–H and O–H groups in total. The maximum absolute atomic E-state index is 10.7. The molecule has 1 aliphatic carbocycles. The minimum atomic E-state index is -0.906. The highest BCUT2D eigenvalue weighted by Crippen LogP contribution is 2.43. The summed E-state index contributed by atoms with van der Waals surface area (Å²) in [5, 5.41) is 9.88. The number of rotatable bonds is 6. The van der Waals surface area contributed by atoms with Gasteiger partial charge in [-0.15, -0.1) is 11.3 Å². The lowest BCUT2D eigenvalue weighted by Crippen LogP contribution is -1.91. The summed E-state index contributed by atoms with van der Waals surface area (Å²) in [4.78, 5) is 16.4. The minimum absolute atomic E-state index is 0.542. The van der Waals surface area contributed by atoms with Crippen molar-refractivity contribution < 1.29 is 9.90 Å². The Kier molecular flexibility index (Phi) is 4.15. The second-order valence-electron chi connectivity index (χ2n) is 5.29. The topological polar surface area (TPSA) is 50.2 Å². The lowest BCUT2D eigenvalue weighted by atomic mass is 10.1. The van der Waals surface area contributed by atoms with Crippen LogP contribution in [0.2, 0.25) is 0 Å². The number of carboxylic acids is 1. The fourth-order valence-corrected chi connectivity index (χ4v) is 3.36. The fraction of sp³-hybridized carbons (Fsp3) is 0.294. The van der Waals surface area contributed by atoms with Gasteiger partial charge in [-0.1, -0.05) is 30.3 Å². The first-order chi connectivity index (χ1) is 10.2. The number of hydrogen-bond donors (Lipinski definition) is 1.